The summed E-state index contributed by atoms with van der Waals surface area (Å²) >= 11 is 0. The Labute approximate surface area is 106 Å². The molecule has 1 saturated carbocycles. The Morgan fingerprint density at radius 3 is 2.78 bits per heavy atom. The van der Waals surface area contributed by atoms with Gasteiger partial charge in [-0.1, -0.05) is 36.6 Å². The number of nitrogens with one attached hydrogen (secondary N) is 1. The molecule has 1 aromatic heterocycles. The van der Waals surface area contributed by atoms with Crippen LogP contribution in [-0.2, 0) is 0 Å². The second-order valence-electron chi connectivity index (χ2n) is 4.91. The lowest BCUT2D eigenvalue weighted by atomic mass is 10.1. The molecular weight excluding hydrogens is 226 g/mol. The SMILES string of the molecule is CC1CCCC1Nc1nnnn1-c1ccccc1. The summed E-state index contributed by atoms with van der Waals surface area (Å²) in [4.78, 5) is 0. The van der Waals surface area contributed by atoms with Gasteiger partial charge in [0.2, 0.25) is 5.95 Å². The predicted octanol–water partition coefficient (Wildman–Crippen LogP) is 2.26. The average Bonchev–Trinajstić information content (AvgIpc) is 3.01. The maximum absolute atomic E-state index is 4.08. The van der Waals surface area contributed by atoms with Gasteiger partial charge in [-0.05, 0) is 41.3 Å². The molecule has 2 unspecified atom stereocenters. The number of hydrogen-bond donors (Lipinski definition) is 1. The molecule has 18 heavy (non-hydrogen) atoms. The molecule has 0 radical (unpaired) electrons. The Kier molecular flexibility index (Phi) is 2.96. The molecule has 2 aromatic rings. The minimum absolute atomic E-state index is 0.485. The molecule has 5 nitrogen and oxygen atoms in total. The monoisotopic (exact) mass is 243 g/mol. The van der Waals surface area contributed by atoms with Gasteiger partial charge in [0.25, 0.3) is 0 Å². The molecule has 2 atom stereocenters. The number of anilines is 1. The molecule has 0 aliphatic heterocycles. The van der Waals surface area contributed by atoms with Gasteiger partial charge in [-0.2, -0.15) is 4.68 Å². The summed E-state index contributed by atoms with van der Waals surface area (Å²) in [7, 11) is 0. The first-order chi connectivity index (χ1) is 8.84. The highest BCUT2D eigenvalue weighted by Gasteiger charge is 2.24. The van der Waals surface area contributed by atoms with Crippen molar-refractivity contribution in [1.29, 1.82) is 0 Å². The Morgan fingerprint density at radius 2 is 2.06 bits per heavy atom. The minimum Gasteiger partial charge on any atom is -0.350 e. The van der Waals surface area contributed by atoms with Crippen LogP contribution in [0.4, 0.5) is 5.95 Å². The van der Waals surface area contributed by atoms with E-state index in [0.29, 0.717) is 12.0 Å². The molecule has 1 heterocycles. The fraction of sp³-hybridized carbons (Fsp3) is 0.462. The van der Waals surface area contributed by atoms with Gasteiger partial charge in [-0.15, -0.1) is 0 Å². The van der Waals surface area contributed by atoms with Crippen molar-refractivity contribution >= 4 is 5.95 Å². The van der Waals surface area contributed by atoms with Crippen LogP contribution in [0.1, 0.15) is 26.2 Å². The third kappa shape index (κ3) is 2.08. The molecular formula is C13H17N5. The van der Waals surface area contributed by atoms with E-state index in [0.717, 1.165) is 11.6 Å². The van der Waals surface area contributed by atoms with Crippen LogP contribution in [0.2, 0.25) is 0 Å². The first kappa shape index (κ1) is 11.2. The molecule has 0 saturated heterocycles. The van der Waals surface area contributed by atoms with Crippen molar-refractivity contribution in [3.63, 3.8) is 0 Å². The van der Waals surface area contributed by atoms with Gasteiger partial charge in [0.05, 0.1) is 5.69 Å². The van der Waals surface area contributed by atoms with Gasteiger partial charge in [0, 0.05) is 6.04 Å². The van der Waals surface area contributed by atoms with Crippen LogP contribution in [-0.4, -0.2) is 26.2 Å². The van der Waals surface area contributed by atoms with Crippen LogP contribution >= 0.6 is 0 Å². The Morgan fingerprint density at radius 1 is 1.22 bits per heavy atom. The van der Waals surface area contributed by atoms with Crippen molar-refractivity contribution in [3.8, 4) is 5.69 Å². The van der Waals surface area contributed by atoms with E-state index in [1.807, 2.05) is 30.3 Å². The van der Waals surface area contributed by atoms with E-state index >= 15 is 0 Å². The van der Waals surface area contributed by atoms with Crippen molar-refractivity contribution in [1.82, 2.24) is 20.2 Å². The fourth-order valence-corrected chi connectivity index (χ4v) is 2.55. The summed E-state index contributed by atoms with van der Waals surface area (Å²) in [5.74, 6) is 1.42. The molecule has 1 aromatic carbocycles. The van der Waals surface area contributed by atoms with E-state index in [1.165, 1.54) is 19.3 Å². The van der Waals surface area contributed by atoms with Crippen molar-refractivity contribution < 1.29 is 0 Å². The predicted molar refractivity (Wildman–Crippen MR) is 69.6 cm³/mol. The molecule has 94 valence electrons. The third-order valence-corrected chi connectivity index (χ3v) is 3.65. The summed E-state index contributed by atoms with van der Waals surface area (Å²) < 4.78 is 1.76. The summed E-state index contributed by atoms with van der Waals surface area (Å²) in [6.45, 7) is 2.28. The molecule has 5 heteroatoms. The van der Waals surface area contributed by atoms with Gasteiger partial charge in [-0.3, -0.25) is 0 Å². The highest BCUT2D eigenvalue weighted by atomic mass is 15.6. The maximum Gasteiger partial charge on any atom is 0.247 e. The lowest BCUT2D eigenvalue weighted by molar-refractivity contribution is 0.551. The van der Waals surface area contributed by atoms with Crippen LogP contribution in [0.15, 0.2) is 30.3 Å². The summed E-state index contributed by atoms with van der Waals surface area (Å²) in [6, 6.07) is 10.4. The molecule has 3 rings (SSSR count). The number of aromatic nitrogens is 4. The van der Waals surface area contributed by atoms with E-state index < -0.39 is 0 Å². The van der Waals surface area contributed by atoms with E-state index in [-0.39, 0.29) is 0 Å². The zero-order valence-corrected chi connectivity index (χ0v) is 10.5. The van der Waals surface area contributed by atoms with E-state index in [2.05, 4.69) is 27.8 Å². The standard InChI is InChI=1S/C13H17N5/c1-10-6-5-9-12(10)14-13-15-16-17-18(13)11-7-3-2-4-8-11/h2-4,7-8,10,12H,5-6,9H2,1H3,(H,14,15,17). The molecule has 1 aliphatic carbocycles. The molecule has 1 N–H and O–H groups in total. The summed E-state index contributed by atoms with van der Waals surface area (Å²) in [5, 5.41) is 15.4. The average molecular weight is 243 g/mol. The van der Waals surface area contributed by atoms with E-state index in [4.69, 9.17) is 0 Å². The summed E-state index contributed by atoms with van der Waals surface area (Å²) in [6.07, 6.45) is 3.76. The van der Waals surface area contributed by atoms with Gasteiger partial charge < -0.3 is 5.32 Å². The van der Waals surface area contributed by atoms with Crippen LogP contribution in [0.25, 0.3) is 5.69 Å². The van der Waals surface area contributed by atoms with Crippen LogP contribution in [0, 0.1) is 5.92 Å². The van der Waals surface area contributed by atoms with Crippen molar-refractivity contribution in [3.05, 3.63) is 30.3 Å². The van der Waals surface area contributed by atoms with E-state index in [9.17, 15) is 0 Å². The number of tetrazole rings is 1. The lowest BCUT2D eigenvalue weighted by Crippen LogP contribution is -2.24. The largest absolute Gasteiger partial charge is 0.350 e. The zero-order chi connectivity index (χ0) is 12.4. The first-order valence-electron chi connectivity index (χ1n) is 6.45. The van der Waals surface area contributed by atoms with E-state index in [1.54, 1.807) is 4.68 Å². The number of nitrogens with zero attached hydrogens (tertiary/aromatic N) is 4. The van der Waals surface area contributed by atoms with Crippen LogP contribution in [0.5, 0.6) is 0 Å². The van der Waals surface area contributed by atoms with Crippen molar-refractivity contribution in [2.24, 2.45) is 5.92 Å². The zero-order valence-electron chi connectivity index (χ0n) is 10.5. The minimum atomic E-state index is 0.485. The van der Waals surface area contributed by atoms with Crippen molar-refractivity contribution in [2.75, 3.05) is 5.32 Å². The first-order valence-corrected chi connectivity index (χ1v) is 6.45. The number of rotatable bonds is 3. The fourth-order valence-electron chi connectivity index (χ4n) is 2.55. The van der Waals surface area contributed by atoms with Gasteiger partial charge >= 0.3 is 0 Å². The summed E-state index contributed by atoms with van der Waals surface area (Å²) in [5.41, 5.74) is 0.982. The van der Waals surface area contributed by atoms with Gasteiger partial charge in [0.1, 0.15) is 0 Å². The molecule has 1 aliphatic rings. The second-order valence-corrected chi connectivity index (χ2v) is 4.91. The number of hydrogen-bond acceptors (Lipinski definition) is 4. The molecule has 0 amide bonds. The maximum atomic E-state index is 4.08. The normalized spacial score (nSPS) is 23.2. The Hall–Kier alpha value is -1.91. The van der Waals surface area contributed by atoms with Crippen LogP contribution < -0.4 is 5.32 Å². The smallest absolute Gasteiger partial charge is 0.247 e. The van der Waals surface area contributed by atoms with Gasteiger partial charge in [-0.25, -0.2) is 0 Å². The molecule has 0 spiro atoms. The Bertz CT molecular complexity index is 507. The number of para-hydroxylation sites is 1. The highest BCUT2D eigenvalue weighted by Crippen LogP contribution is 2.27. The second kappa shape index (κ2) is 4.76. The quantitative estimate of drug-likeness (QED) is 0.898. The third-order valence-electron chi connectivity index (χ3n) is 3.65. The van der Waals surface area contributed by atoms with Gasteiger partial charge in [0.15, 0.2) is 0 Å². The topological polar surface area (TPSA) is 55.6 Å². The highest BCUT2D eigenvalue weighted by molar-refractivity contribution is 5.39. The number of benzene rings is 1. The van der Waals surface area contributed by atoms with Crippen molar-refractivity contribution in [2.45, 2.75) is 32.2 Å². The lowest BCUT2D eigenvalue weighted by Gasteiger charge is -2.17. The molecule has 0 bridgehead atoms. The van der Waals surface area contributed by atoms with Crippen LogP contribution in [0.3, 0.4) is 0 Å². The molecule has 1 fully saturated rings. The Balaban J connectivity index is 1.84.